The van der Waals surface area contributed by atoms with Crippen LogP contribution in [-0.2, 0) is 10.0 Å². The summed E-state index contributed by atoms with van der Waals surface area (Å²) in [7, 11) is -3.25. The zero-order chi connectivity index (χ0) is 13.6. The fraction of sp³-hybridized carbons (Fsp3) is 0.500. The molecule has 0 amide bonds. The molecule has 1 atom stereocenters. The lowest BCUT2D eigenvalue weighted by Crippen LogP contribution is -2.29. The van der Waals surface area contributed by atoms with Crippen LogP contribution in [0, 0.1) is 0 Å². The molecule has 1 rings (SSSR count). The number of unbranched alkanes of at least 4 members (excludes halogenated alkanes) is 1. The topological polar surface area (TPSA) is 46.2 Å². The largest absolute Gasteiger partial charge is 0.212 e. The minimum absolute atomic E-state index is 0.109. The lowest BCUT2D eigenvalue weighted by Gasteiger charge is -2.14. The van der Waals surface area contributed by atoms with Crippen LogP contribution in [0.2, 0.25) is 5.02 Å². The molecule has 102 valence electrons. The third-order valence-corrected chi connectivity index (χ3v) is 4.58. The number of alkyl halides is 1. The summed E-state index contributed by atoms with van der Waals surface area (Å²) in [4.78, 5) is 0. The summed E-state index contributed by atoms with van der Waals surface area (Å²) in [6, 6.07) is 6.86. The smallest absolute Gasteiger partial charge is 0.212 e. The number of sulfonamides is 1. The first kappa shape index (κ1) is 15.8. The van der Waals surface area contributed by atoms with Crippen molar-refractivity contribution >= 4 is 33.2 Å². The van der Waals surface area contributed by atoms with Gasteiger partial charge in [0, 0.05) is 16.9 Å². The number of hydrogen-bond acceptors (Lipinski definition) is 2. The van der Waals surface area contributed by atoms with Gasteiger partial charge in [-0.1, -0.05) is 23.7 Å². The maximum atomic E-state index is 11.8. The summed E-state index contributed by atoms with van der Waals surface area (Å²) >= 11 is 11.3. The van der Waals surface area contributed by atoms with Crippen LogP contribution in [-0.4, -0.2) is 20.1 Å². The molecule has 0 bridgehead atoms. The van der Waals surface area contributed by atoms with Gasteiger partial charge in [-0.15, -0.1) is 11.6 Å². The molecular formula is C12H17Cl2NO2S. The van der Waals surface area contributed by atoms with Gasteiger partial charge in [-0.2, -0.15) is 0 Å². The Balaban J connectivity index is 2.58. The van der Waals surface area contributed by atoms with Crippen molar-refractivity contribution in [1.29, 1.82) is 0 Å². The average Bonchev–Trinajstić information content (AvgIpc) is 2.29. The SMILES string of the molecule is C[C@@H](NS(=O)(=O)CCCCCl)c1ccc(Cl)cc1. The molecule has 0 radical (unpaired) electrons. The normalized spacial score (nSPS) is 13.5. The highest BCUT2D eigenvalue weighted by Crippen LogP contribution is 2.17. The highest BCUT2D eigenvalue weighted by molar-refractivity contribution is 7.89. The number of nitrogens with one attached hydrogen (secondary N) is 1. The summed E-state index contributed by atoms with van der Waals surface area (Å²) < 4.78 is 26.2. The Labute approximate surface area is 119 Å². The number of benzene rings is 1. The molecule has 0 aliphatic heterocycles. The van der Waals surface area contributed by atoms with E-state index in [0.29, 0.717) is 23.7 Å². The van der Waals surface area contributed by atoms with Gasteiger partial charge in [0.05, 0.1) is 5.75 Å². The highest BCUT2D eigenvalue weighted by Gasteiger charge is 2.15. The van der Waals surface area contributed by atoms with E-state index >= 15 is 0 Å². The summed E-state index contributed by atoms with van der Waals surface area (Å²) in [6.45, 7) is 1.81. The lowest BCUT2D eigenvalue weighted by atomic mass is 10.1. The third-order valence-electron chi connectivity index (χ3n) is 2.52. The van der Waals surface area contributed by atoms with E-state index in [1.807, 2.05) is 19.1 Å². The van der Waals surface area contributed by atoms with E-state index in [2.05, 4.69) is 4.72 Å². The van der Waals surface area contributed by atoms with E-state index in [4.69, 9.17) is 23.2 Å². The molecule has 1 aromatic carbocycles. The van der Waals surface area contributed by atoms with Crippen molar-refractivity contribution in [2.24, 2.45) is 0 Å². The van der Waals surface area contributed by atoms with Crippen molar-refractivity contribution in [2.45, 2.75) is 25.8 Å². The molecule has 0 fully saturated rings. The van der Waals surface area contributed by atoms with Crippen LogP contribution in [0.25, 0.3) is 0 Å². The average molecular weight is 310 g/mol. The number of hydrogen-bond donors (Lipinski definition) is 1. The molecule has 3 nitrogen and oxygen atoms in total. The van der Waals surface area contributed by atoms with Crippen molar-refractivity contribution < 1.29 is 8.42 Å². The van der Waals surface area contributed by atoms with Crippen molar-refractivity contribution in [3.8, 4) is 0 Å². The van der Waals surface area contributed by atoms with E-state index in [-0.39, 0.29) is 11.8 Å². The highest BCUT2D eigenvalue weighted by atomic mass is 35.5. The molecule has 0 spiro atoms. The van der Waals surface area contributed by atoms with Gasteiger partial charge in [-0.25, -0.2) is 13.1 Å². The van der Waals surface area contributed by atoms with Crippen LogP contribution in [0.1, 0.15) is 31.4 Å². The van der Waals surface area contributed by atoms with Crippen LogP contribution in [0.15, 0.2) is 24.3 Å². The van der Waals surface area contributed by atoms with Crippen molar-refractivity contribution in [2.75, 3.05) is 11.6 Å². The van der Waals surface area contributed by atoms with Gasteiger partial charge in [0.1, 0.15) is 0 Å². The summed E-state index contributed by atoms with van der Waals surface area (Å²) in [5.74, 6) is 0.597. The standard InChI is InChI=1S/C12H17Cl2NO2S/c1-10(11-4-6-12(14)7-5-11)15-18(16,17)9-3-2-8-13/h4-7,10,15H,2-3,8-9H2,1H3/t10-/m1/s1. The van der Waals surface area contributed by atoms with Gasteiger partial charge < -0.3 is 0 Å². The Hall–Kier alpha value is -0.290. The van der Waals surface area contributed by atoms with E-state index in [9.17, 15) is 8.42 Å². The maximum Gasteiger partial charge on any atom is 0.212 e. The molecule has 0 aliphatic carbocycles. The Kier molecular flexibility index (Phi) is 6.43. The second-order valence-electron chi connectivity index (χ2n) is 4.11. The summed E-state index contributed by atoms with van der Waals surface area (Å²) in [5, 5.41) is 0.635. The Morgan fingerprint density at radius 1 is 1.22 bits per heavy atom. The minimum atomic E-state index is -3.25. The van der Waals surface area contributed by atoms with Gasteiger partial charge in [0.25, 0.3) is 0 Å². The molecule has 0 heterocycles. The molecule has 0 saturated carbocycles. The summed E-state index contributed by atoms with van der Waals surface area (Å²) in [5.41, 5.74) is 0.889. The first-order valence-electron chi connectivity index (χ1n) is 5.76. The molecule has 0 aliphatic rings. The lowest BCUT2D eigenvalue weighted by molar-refractivity contribution is 0.564. The molecule has 6 heteroatoms. The molecule has 1 N–H and O–H groups in total. The van der Waals surface area contributed by atoms with E-state index in [1.54, 1.807) is 12.1 Å². The summed E-state index contributed by atoms with van der Waals surface area (Å²) in [6.07, 6.45) is 1.28. The molecule has 0 saturated heterocycles. The predicted octanol–water partition coefficient (Wildman–Crippen LogP) is 3.34. The fourth-order valence-electron chi connectivity index (χ4n) is 1.53. The molecule has 0 aromatic heterocycles. The quantitative estimate of drug-likeness (QED) is 0.620. The maximum absolute atomic E-state index is 11.8. The molecule has 18 heavy (non-hydrogen) atoms. The van der Waals surface area contributed by atoms with Gasteiger partial charge in [0.2, 0.25) is 10.0 Å². The first-order valence-corrected chi connectivity index (χ1v) is 8.32. The molecule has 0 unspecified atom stereocenters. The van der Waals surface area contributed by atoms with E-state index in [0.717, 1.165) is 5.56 Å². The van der Waals surface area contributed by atoms with E-state index < -0.39 is 10.0 Å². The Morgan fingerprint density at radius 3 is 2.39 bits per heavy atom. The van der Waals surface area contributed by atoms with Gasteiger partial charge in [0.15, 0.2) is 0 Å². The molecule has 1 aromatic rings. The van der Waals surface area contributed by atoms with Crippen LogP contribution in [0.4, 0.5) is 0 Å². The van der Waals surface area contributed by atoms with Gasteiger partial charge >= 0.3 is 0 Å². The third kappa shape index (κ3) is 5.57. The zero-order valence-corrected chi connectivity index (χ0v) is 12.5. The van der Waals surface area contributed by atoms with Gasteiger partial charge in [-0.05, 0) is 37.5 Å². The van der Waals surface area contributed by atoms with Crippen LogP contribution in [0.5, 0.6) is 0 Å². The second kappa shape index (κ2) is 7.34. The molecular weight excluding hydrogens is 293 g/mol. The minimum Gasteiger partial charge on any atom is -0.212 e. The van der Waals surface area contributed by atoms with Crippen LogP contribution in [0.3, 0.4) is 0 Å². The van der Waals surface area contributed by atoms with Crippen molar-refractivity contribution in [1.82, 2.24) is 4.72 Å². The number of rotatable bonds is 7. The Morgan fingerprint density at radius 2 is 1.83 bits per heavy atom. The van der Waals surface area contributed by atoms with Crippen LogP contribution >= 0.6 is 23.2 Å². The predicted molar refractivity (Wildman–Crippen MR) is 76.7 cm³/mol. The van der Waals surface area contributed by atoms with Crippen LogP contribution < -0.4 is 4.72 Å². The fourth-order valence-corrected chi connectivity index (χ4v) is 3.23. The Bertz CT molecular complexity index is 459. The second-order valence-corrected chi connectivity index (χ2v) is 6.79. The van der Waals surface area contributed by atoms with Crippen molar-refractivity contribution in [3.63, 3.8) is 0 Å². The van der Waals surface area contributed by atoms with Crippen molar-refractivity contribution in [3.05, 3.63) is 34.9 Å². The first-order chi connectivity index (χ1) is 8.44. The van der Waals surface area contributed by atoms with E-state index in [1.165, 1.54) is 0 Å². The zero-order valence-electron chi connectivity index (χ0n) is 10.2. The monoisotopic (exact) mass is 309 g/mol. The number of halogens is 2. The van der Waals surface area contributed by atoms with Gasteiger partial charge in [-0.3, -0.25) is 0 Å².